The van der Waals surface area contributed by atoms with E-state index in [4.69, 9.17) is 0 Å². The van der Waals surface area contributed by atoms with Gasteiger partial charge in [0, 0.05) is 18.5 Å². The fraction of sp³-hybridized carbons (Fsp3) is 0.500. The van der Waals surface area contributed by atoms with Crippen molar-refractivity contribution in [2.45, 2.75) is 31.1 Å². The quantitative estimate of drug-likeness (QED) is 0.871. The molecule has 0 radical (unpaired) electrons. The van der Waals surface area contributed by atoms with Crippen molar-refractivity contribution in [1.29, 1.82) is 0 Å². The minimum Gasteiger partial charge on any atom is -0.383 e. The topological polar surface area (TPSA) is 75.3 Å². The summed E-state index contributed by atoms with van der Waals surface area (Å²) in [7, 11) is -3.45. The lowest BCUT2D eigenvalue weighted by Gasteiger charge is -2.30. The Hall–Kier alpha value is -1.56. The maximum Gasteiger partial charge on any atom is 0.241 e. The number of nitrogens with one attached hydrogen (secondary N) is 2. The molecule has 1 aliphatic rings. The number of anilines is 1. The highest BCUT2D eigenvalue weighted by Gasteiger charge is 2.39. The number of rotatable bonds is 3. The van der Waals surface area contributed by atoms with Crippen LogP contribution in [0, 0.1) is 0 Å². The van der Waals surface area contributed by atoms with Gasteiger partial charge in [-0.2, -0.15) is 0 Å². The van der Waals surface area contributed by atoms with Crippen LogP contribution in [0.25, 0.3) is 0 Å². The number of benzene rings is 1. The molecule has 0 bridgehead atoms. The van der Waals surface area contributed by atoms with E-state index in [0.29, 0.717) is 13.0 Å². The molecule has 2 rings (SSSR count). The van der Waals surface area contributed by atoms with E-state index in [2.05, 4.69) is 10.6 Å². The van der Waals surface area contributed by atoms with E-state index in [1.807, 2.05) is 24.3 Å². The second-order valence-electron chi connectivity index (χ2n) is 5.70. The van der Waals surface area contributed by atoms with Crippen LogP contribution >= 0.6 is 0 Å². The molecule has 0 aromatic heterocycles. The van der Waals surface area contributed by atoms with Crippen molar-refractivity contribution in [3.8, 4) is 0 Å². The number of fused-ring (bicyclic) bond motifs is 1. The number of hydrogen-bond donors (Lipinski definition) is 2. The van der Waals surface area contributed by atoms with Gasteiger partial charge in [0.05, 0.1) is 6.04 Å². The van der Waals surface area contributed by atoms with Gasteiger partial charge in [-0.25, -0.2) is 8.42 Å². The Balaban J connectivity index is 2.08. The molecule has 1 unspecified atom stereocenters. The van der Waals surface area contributed by atoms with Crippen LogP contribution in [0.4, 0.5) is 5.69 Å². The van der Waals surface area contributed by atoms with Gasteiger partial charge < -0.3 is 10.6 Å². The molecule has 0 fully saturated rings. The third-order valence-corrected chi connectivity index (χ3v) is 5.87. The first-order valence-electron chi connectivity index (χ1n) is 6.54. The second-order valence-corrected chi connectivity index (χ2v) is 8.26. The molecule has 2 N–H and O–H groups in total. The van der Waals surface area contributed by atoms with Crippen LogP contribution in [-0.2, 0) is 21.1 Å². The van der Waals surface area contributed by atoms with Crippen LogP contribution in [0.2, 0.25) is 0 Å². The van der Waals surface area contributed by atoms with Gasteiger partial charge in [0.1, 0.15) is 4.75 Å². The highest BCUT2D eigenvalue weighted by molar-refractivity contribution is 7.92. The summed E-state index contributed by atoms with van der Waals surface area (Å²) in [6, 6.07) is 7.80. The minimum absolute atomic E-state index is 0.0987. The lowest BCUT2D eigenvalue weighted by atomic mass is 9.99. The van der Waals surface area contributed by atoms with Gasteiger partial charge >= 0.3 is 0 Å². The van der Waals surface area contributed by atoms with Crippen molar-refractivity contribution < 1.29 is 13.2 Å². The van der Waals surface area contributed by atoms with Gasteiger partial charge in [0.25, 0.3) is 0 Å². The summed E-state index contributed by atoms with van der Waals surface area (Å²) in [5.74, 6) is -0.453. The first-order chi connectivity index (χ1) is 9.22. The normalized spacial score (nSPS) is 18.9. The average molecular weight is 296 g/mol. The Labute approximate surface area is 119 Å². The Bertz CT molecular complexity index is 623. The zero-order chi connectivity index (χ0) is 15.0. The monoisotopic (exact) mass is 296 g/mol. The fourth-order valence-corrected chi connectivity index (χ4v) is 2.47. The highest BCUT2D eigenvalue weighted by Crippen LogP contribution is 2.22. The van der Waals surface area contributed by atoms with Crippen LogP contribution < -0.4 is 10.6 Å². The van der Waals surface area contributed by atoms with Crippen LogP contribution in [0.3, 0.4) is 0 Å². The first-order valence-corrected chi connectivity index (χ1v) is 8.43. The summed E-state index contributed by atoms with van der Waals surface area (Å²) in [5.41, 5.74) is 2.20. The van der Waals surface area contributed by atoms with E-state index in [-0.39, 0.29) is 6.04 Å². The molecule has 6 heteroatoms. The van der Waals surface area contributed by atoms with E-state index in [1.54, 1.807) is 0 Å². The van der Waals surface area contributed by atoms with E-state index in [1.165, 1.54) is 13.8 Å². The lowest BCUT2D eigenvalue weighted by molar-refractivity contribution is -0.123. The molecule has 0 saturated heterocycles. The molecule has 1 aromatic rings. The number of carbonyl (C=O) groups is 1. The minimum atomic E-state index is -3.45. The van der Waals surface area contributed by atoms with E-state index >= 15 is 0 Å². The van der Waals surface area contributed by atoms with Crippen molar-refractivity contribution >= 4 is 21.4 Å². The number of hydrogen-bond acceptors (Lipinski definition) is 4. The molecule has 1 heterocycles. The number of sulfone groups is 1. The number of amides is 1. The molecule has 1 atom stereocenters. The molecule has 110 valence electrons. The average Bonchev–Trinajstić information content (AvgIpc) is 2.37. The van der Waals surface area contributed by atoms with Crippen molar-refractivity contribution in [2.75, 3.05) is 18.1 Å². The lowest BCUT2D eigenvalue weighted by Crippen LogP contribution is -2.53. The van der Waals surface area contributed by atoms with E-state index in [0.717, 1.165) is 17.5 Å². The molecule has 20 heavy (non-hydrogen) atoms. The van der Waals surface area contributed by atoms with Gasteiger partial charge in [0.2, 0.25) is 5.91 Å². The summed E-state index contributed by atoms with van der Waals surface area (Å²) >= 11 is 0. The van der Waals surface area contributed by atoms with Crippen LogP contribution in [0.1, 0.15) is 19.4 Å². The summed E-state index contributed by atoms with van der Waals surface area (Å²) in [4.78, 5) is 12.2. The molecule has 1 amide bonds. The van der Waals surface area contributed by atoms with Crippen molar-refractivity contribution in [2.24, 2.45) is 0 Å². The summed E-state index contributed by atoms with van der Waals surface area (Å²) in [6.07, 6.45) is 1.79. The molecule has 0 saturated carbocycles. The Morgan fingerprint density at radius 3 is 2.65 bits per heavy atom. The standard InChI is InChI=1S/C14H20N2O3S/c1-14(2,20(3,18)19)13(17)16-11-8-10-6-4-5-7-12(10)15-9-11/h4-7,11,15H,8-9H2,1-3H3,(H,16,17). The van der Waals surface area contributed by atoms with Gasteiger partial charge in [-0.3, -0.25) is 4.79 Å². The van der Waals surface area contributed by atoms with Crippen molar-refractivity contribution in [3.05, 3.63) is 29.8 Å². The molecule has 5 nitrogen and oxygen atoms in total. The summed E-state index contributed by atoms with van der Waals surface area (Å²) < 4.78 is 21.9. The molecule has 0 spiro atoms. The molecular weight excluding hydrogens is 276 g/mol. The fourth-order valence-electron chi connectivity index (χ4n) is 2.07. The van der Waals surface area contributed by atoms with Crippen LogP contribution in [-0.4, -0.2) is 37.9 Å². The number of para-hydroxylation sites is 1. The zero-order valence-electron chi connectivity index (χ0n) is 11.9. The summed E-state index contributed by atoms with van der Waals surface area (Å²) in [5, 5.41) is 6.07. The van der Waals surface area contributed by atoms with Gasteiger partial charge in [-0.1, -0.05) is 18.2 Å². The van der Waals surface area contributed by atoms with Crippen LogP contribution in [0.15, 0.2) is 24.3 Å². The third kappa shape index (κ3) is 2.80. The molecule has 1 aromatic carbocycles. The molecular formula is C14H20N2O3S. The smallest absolute Gasteiger partial charge is 0.241 e. The Morgan fingerprint density at radius 2 is 2.00 bits per heavy atom. The maximum atomic E-state index is 12.2. The zero-order valence-corrected chi connectivity index (χ0v) is 12.8. The Morgan fingerprint density at radius 1 is 1.35 bits per heavy atom. The SMILES string of the molecule is CC(C)(C(=O)NC1CNc2ccccc2C1)S(C)(=O)=O. The van der Waals surface area contributed by atoms with Gasteiger partial charge in [-0.05, 0) is 31.9 Å². The molecule has 1 aliphatic heterocycles. The second kappa shape index (κ2) is 5.09. The van der Waals surface area contributed by atoms with Gasteiger partial charge in [0.15, 0.2) is 9.84 Å². The first kappa shape index (κ1) is 14.8. The largest absolute Gasteiger partial charge is 0.383 e. The van der Waals surface area contributed by atoms with Crippen LogP contribution in [0.5, 0.6) is 0 Å². The van der Waals surface area contributed by atoms with Crippen molar-refractivity contribution in [3.63, 3.8) is 0 Å². The predicted octanol–water partition coefficient (Wildman–Crippen LogP) is 0.963. The third-order valence-electron chi connectivity index (χ3n) is 3.83. The van der Waals surface area contributed by atoms with Gasteiger partial charge in [-0.15, -0.1) is 0 Å². The maximum absolute atomic E-state index is 12.2. The number of carbonyl (C=O) groups excluding carboxylic acids is 1. The van der Waals surface area contributed by atoms with E-state index < -0.39 is 20.5 Å². The Kier molecular flexibility index (Phi) is 3.77. The molecule has 0 aliphatic carbocycles. The predicted molar refractivity (Wildman–Crippen MR) is 79.5 cm³/mol. The van der Waals surface area contributed by atoms with E-state index in [9.17, 15) is 13.2 Å². The highest BCUT2D eigenvalue weighted by atomic mass is 32.2. The van der Waals surface area contributed by atoms with Crippen molar-refractivity contribution in [1.82, 2.24) is 5.32 Å². The summed E-state index contributed by atoms with van der Waals surface area (Å²) in [6.45, 7) is 3.46.